The Bertz CT molecular complexity index is 644. The van der Waals surface area contributed by atoms with E-state index in [1.807, 2.05) is 24.3 Å². The molecule has 0 unspecified atom stereocenters. The first-order valence-electron chi connectivity index (χ1n) is 6.46. The number of azide groups is 1. The molecule has 0 aliphatic carbocycles. The van der Waals surface area contributed by atoms with Gasteiger partial charge in [0.25, 0.3) is 5.91 Å². The fraction of sp³-hybridized carbons (Fsp3) is 0.286. The van der Waals surface area contributed by atoms with Crippen LogP contribution in [0, 0.1) is 0 Å². The Kier molecular flexibility index (Phi) is 4.92. The summed E-state index contributed by atoms with van der Waals surface area (Å²) in [6.45, 7) is 1.03. The number of amides is 1. The highest BCUT2D eigenvalue weighted by Crippen LogP contribution is 2.15. The standard InChI is InChI=1S/C14H15N5O/c15-19-18-9-4-3-8-17-14(20)12-7-10-16-13-6-2-1-5-11(12)13/h1-2,5-7,10H,3-4,8-9H2,(H,17,20). The van der Waals surface area contributed by atoms with Crippen molar-refractivity contribution in [3.63, 3.8) is 0 Å². The average molecular weight is 269 g/mol. The van der Waals surface area contributed by atoms with Gasteiger partial charge in [0.05, 0.1) is 11.1 Å². The zero-order valence-corrected chi connectivity index (χ0v) is 11.0. The van der Waals surface area contributed by atoms with Crippen LogP contribution < -0.4 is 5.32 Å². The fourth-order valence-electron chi connectivity index (χ4n) is 1.94. The number of pyridine rings is 1. The van der Waals surface area contributed by atoms with Gasteiger partial charge in [-0.3, -0.25) is 9.78 Å². The Morgan fingerprint density at radius 2 is 2.15 bits per heavy atom. The quantitative estimate of drug-likeness (QED) is 0.378. The summed E-state index contributed by atoms with van der Waals surface area (Å²) in [7, 11) is 0. The molecule has 20 heavy (non-hydrogen) atoms. The summed E-state index contributed by atoms with van der Waals surface area (Å²) in [6.07, 6.45) is 3.19. The molecule has 0 atom stereocenters. The van der Waals surface area contributed by atoms with Crippen LogP contribution in [0.25, 0.3) is 21.3 Å². The van der Waals surface area contributed by atoms with Crippen molar-refractivity contribution in [2.75, 3.05) is 13.1 Å². The lowest BCUT2D eigenvalue weighted by Crippen LogP contribution is -2.24. The molecule has 1 aromatic heterocycles. The van der Waals surface area contributed by atoms with Crippen LogP contribution in [0.3, 0.4) is 0 Å². The van der Waals surface area contributed by atoms with Gasteiger partial charge in [0, 0.05) is 29.6 Å². The van der Waals surface area contributed by atoms with Gasteiger partial charge in [0.2, 0.25) is 0 Å². The number of nitrogens with one attached hydrogen (secondary N) is 1. The number of carbonyl (C=O) groups excluding carboxylic acids is 1. The topological polar surface area (TPSA) is 90.8 Å². The van der Waals surface area contributed by atoms with E-state index in [2.05, 4.69) is 20.3 Å². The van der Waals surface area contributed by atoms with E-state index in [1.54, 1.807) is 12.3 Å². The minimum Gasteiger partial charge on any atom is -0.352 e. The second kappa shape index (κ2) is 7.11. The van der Waals surface area contributed by atoms with Gasteiger partial charge in [-0.1, -0.05) is 23.3 Å². The molecule has 6 nitrogen and oxygen atoms in total. The molecule has 2 rings (SSSR count). The third-order valence-corrected chi connectivity index (χ3v) is 2.93. The van der Waals surface area contributed by atoms with Gasteiger partial charge < -0.3 is 5.32 Å². The molecule has 0 aliphatic heterocycles. The van der Waals surface area contributed by atoms with Crippen LogP contribution in [-0.2, 0) is 0 Å². The molecule has 0 spiro atoms. The van der Waals surface area contributed by atoms with E-state index in [0.29, 0.717) is 18.7 Å². The second-order valence-corrected chi connectivity index (χ2v) is 4.29. The van der Waals surface area contributed by atoms with E-state index >= 15 is 0 Å². The van der Waals surface area contributed by atoms with Gasteiger partial charge >= 0.3 is 0 Å². The highest BCUT2D eigenvalue weighted by Gasteiger charge is 2.09. The van der Waals surface area contributed by atoms with Gasteiger partial charge in [0.15, 0.2) is 0 Å². The largest absolute Gasteiger partial charge is 0.352 e. The van der Waals surface area contributed by atoms with Crippen molar-refractivity contribution in [1.29, 1.82) is 0 Å². The van der Waals surface area contributed by atoms with Gasteiger partial charge in [0.1, 0.15) is 0 Å². The van der Waals surface area contributed by atoms with E-state index in [1.165, 1.54) is 0 Å². The Morgan fingerprint density at radius 1 is 1.30 bits per heavy atom. The molecule has 0 aliphatic rings. The second-order valence-electron chi connectivity index (χ2n) is 4.29. The summed E-state index contributed by atoms with van der Waals surface area (Å²) in [5.41, 5.74) is 9.58. The van der Waals surface area contributed by atoms with E-state index in [-0.39, 0.29) is 5.91 Å². The molecule has 0 saturated heterocycles. The van der Waals surface area contributed by atoms with E-state index in [9.17, 15) is 4.79 Å². The predicted molar refractivity (Wildman–Crippen MR) is 77.3 cm³/mol. The maximum absolute atomic E-state index is 12.1. The first kappa shape index (κ1) is 13.8. The van der Waals surface area contributed by atoms with E-state index in [4.69, 9.17) is 5.53 Å². The SMILES string of the molecule is [N-]=[N+]=NCCCCNC(=O)c1ccnc2ccccc12. The maximum Gasteiger partial charge on any atom is 0.252 e. The van der Waals surface area contributed by atoms with Gasteiger partial charge in [-0.25, -0.2) is 0 Å². The normalized spacial score (nSPS) is 10.0. The monoisotopic (exact) mass is 269 g/mol. The summed E-state index contributed by atoms with van der Waals surface area (Å²) in [5.74, 6) is -0.104. The zero-order chi connectivity index (χ0) is 14.2. The molecule has 0 fully saturated rings. The number of benzene rings is 1. The van der Waals surface area contributed by atoms with Gasteiger partial charge in [-0.2, -0.15) is 0 Å². The van der Waals surface area contributed by atoms with Crippen molar-refractivity contribution in [2.45, 2.75) is 12.8 Å². The molecule has 1 N–H and O–H groups in total. The lowest BCUT2D eigenvalue weighted by Gasteiger charge is -2.07. The van der Waals surface area contributed by atoms with Crippen molar-refractivity contribution >= 4 is 16.8 Å². The molecule has 2 aromatic rings. The van der Waals surface area contributed by atoms with Gasteiger partial charge in [-0.05, 0) is 30.5 Å². The molecule has 1 heterocycles. The lowest BCUT2D eigenvalue weighted by molar-refractivity contribution is 0.0954. The number of hydrogen-bond donors (Lipinski definition) is 1. The first-order chi connectivity index (χ1) is 9.83. The van der Waals surface area contributed by atoms with Crippen LogP contribution in [0.2, 0.25) is 0 Å². The molecule has 1 aromatic carbocycles. The number of fused-ring (bicyclic) bond motifs is 1. The summed E-state index contributed by atoms with van der Waals surface area (Å²) >= 11 is 0. The Labute approximate surface area is 116 Å². The predicted octanol–water partition coefficient (Wildman–Crippen LogP) is 3.06. The lowest BCUT2D eigenvalue weighted by atomic mass is 10.1. The number of hydrogen-bond acceptors (Lipinski definition) is 3. The molecule has 1 amide bonds. The van der Waals surface area contributed by atoms with Crippen LogP contribution in [-0.4, -0.2) is 24.0 Å². The smallest absolute Gasteiger partial charge is 0.252 e. The molecular weight excluding hydrogens is 254 g/mol. The van der Waals surface area contributed by atoms with E-state index in [0.717, 1.165) is 23.7 Å². The van der Waals surface area contributed by atoms with Crippen molar-refractivity contribution in [1.82, 2.24) is 10.3 Å². The van der Waals surface area contributed by atoms with Crippen LogP contribution in [0.4, 0.5) is 0 Å². The van der Waals surface area contributed by atoms with Crippen LogP contribution in [0.15, 0.2) is 41.6 Å². The first-order valence-corrected chi connectivity index (χ1v) is 6.46. The molecule has 0 bridgehead atoms. The number of para-hydroxylation sites is 1. The highest BCUT2D eigenvalue weighted by molar-refractivity contribution is 6.05. The summed E-state index contributed by atoms with van der Waals surface area (Å²) < 4.78 is 0. The minimum absolute atomic E-state index is 0.104. The number of aromatic nitrogens is 1. The third kappa shape index (κ3) is 3.46. The zero-order valence-electron chi connectivity index (χ0n) is 11.0. The Balaban J connectivity index is 1.96. The maximum atomic E-state index is 12.1. The summed E-state index contributed by atoms with van der Waals surface area (Å²) in [4.78, 5) is 19.0. The van der Waals surface area contributed by atoms with Crippen molar-refractivity contribution in [3.05, 3.63) is 52.5 Å². The van der Waals surface area contributed by atoms with Crippen LogP contribution in [0.5, 0.6) is 0 Å². The van der Waals surface area contributed by atoms with Crippen molar-refractivity contribution in [2.24, 2.45) is 5.11 Å². The number of rotatable bonds is 6. The Hall–Kier alpha value is -2.59. The molecule has 0 saturated carbocycles. The van der Waals surface area contributed by atoms with Crippen molar-refractivity contribution in [3.8, 4) is 0 Å². The molecule has 0 radical (unpaired) electrons. The summed E-state index contributed by atoms with van der Waals surface area (Å²) in [5, 5.41) is 7.16. The summed E-state index contributed by atoms with van der Waals surface area (Å²) in [6, 6.07) is 9.27. The molecular formula is C14H15N5O. The minimum atomic E-state index is -0.104. The Morgan fingerprint density at radius 3 is 3.00 bits per heavy atom. The van der Waals surface area contributed by atoms with Crippen molar-refractivity contribution < 1.29 is 4.79 Å². The number of nitrogens with zero attached hydrogens (tertiary/aromatic N) is 4. The van der Waals surface area contributed by atoms with E-state index < -0.39 is 0 Å². The molecule has 102 valence electrons. The average Bonchev–Trinajstić information content (AvgIpc) is 2.50. The van der Waals surface area contributed by atoms with Crippen LogP contribution >= 0.6 is 0 Å². The number of carbonyl (C=O) groups is 1. The van der Waals surface area contributed by atoms with Gasteiger partial charge in [-0.15, -0.1) is 0 Å². The third-order valence-electron chi connectivity index (χ3n) is 2.93. The molecule has 6 heteroatoms. The fourth-order valence-corrected chi connectivity index (χ4v) is 1.94. The van der Waals surface area contributed by atoms with Crippen LogP contribution in [0.1, 0.15) is 23.2 Å². The highest BCUT2D eigenvalue weighted by atomic mass is 16.1. The number of unbranched alkanes of at least 4 members (excludes halogenated alkanes) is 1.